The van der Waals surface area contributed by atoms with Crippen molar-refractivity contribution in [2.45, 2.75) is 0 Å². The summed E-state index contributed by atoms with van der Waals surface area (Å²) < 4.78 is 17.0. The Hall–Kier alpha value is 0.660. The molecule has 1 aliphatic heterocycles. The summed E-state index contributed by atoms with van der Waals surface area (Å²) >= 11 is 0. The zero-order valence-electron chi connectivity index (χ0n) is 5.74. The van der Waals surface area contributed by atoms with Crippen LogP contribution in [0.4, 0.5) is 0 Å². The average molecular weight is 213 g/mol. The van der Waals surface area contributed by atoms with Crippen LogP contribution in [-0.2, 0) is 0 Å². The first-order valence-corrected chi connectivity index (χ1v) is 7.91. The molecule has 0 N–H and O–H groups in total. The Morgan fingerprint density at radius 2 is 1.50 bits per heavy atom. The van der Waals surface area contributed by atoms with E-state index in [1.54, 1.807) is 0 Å². The van der Waals surface area contributed by atoms with Gasteiger partial charge in [0, 0.05) is 0 Å². The molecule has 1 heterocycles. The molecule has 2 atom stereocenters. The largest absolute Gasteiger partial charge is 0.254 e. The van der Waals surface area contributed by atoms with Crippen LogP contribution < -0.4 is 0 Å². The van der Waals surface area contributed by atoms with Crippen LogP contribution in [0, 0.1) is 0 Å². The molecular weight excluding hydrogens is 204 g/mol. The van der Waals surface area contributed by atoms with Gasteiger partial charge in [0.1, 0.15) is 8.88 Å². The van der Waals surface area contributed by atoms with Crippen LogP contribution >= 0.6 is 32.8 Å². The standard InChI is InChI=1S/C2H9N4P4/c1-10(2)5-8-3-7-4-9-6-10/h7-9H,1-2H3/q+1. The van der Waals surface area contributed by atoms with E-state index >= 15 is 0 Å². The van der Waals surface area contributed by atoms with Crippen molar-refractivity contribution in [1.29, 1.82) is 0 Å². The minimum Gasteiger partial charge on any atom is -0.210 e. The highest BCUT2D eigenvalue weighted by Crippen LogP contribution is 2.58. The van der Waals surface area contributed by atoms with Crippen molar-refractivity contribution in [1.82, 2.24) is 0 Å². The second-order valence-corrected chi connectivity index (χ2v) is 8.72. The molecule has 2 unspecified atom stereocenters. The Morgan fingerprint density at radius 3 is 2.00 bits per heavy atom. The van der Waals surface area contributed by atoms with E-state index in [0.29, 0.717) is 25.2 Å². The third-order valence-electron chi connectivity index (χ3n) is 0.779. The SMILES string of the molecule is C[P+]1(C)N=[PH]=NPN=[PH]=N1. The quantitative estimate of drug-likeness (QED) is 0.550. The van der Waals surface area contributed by atoms with Crippen LogP contribution in [0.3, 0.4) is 0 Å². The zero-order chi connectivity index (χ0) is 7.45. The van der Waals surface area contributed by atoms with Gasteiger partial charge in [0.05, 0.1) is 29.7 Å². The summed E-state index contributed by atoms with van der Waals surface area (Å²) in [5.41, 5.74) is 0. The first-order chi connectivity index (χ1) is 4.71. The van der Waals surface area contributed by atoms with E-state index in [4.69, 9.17) is 0 Å². The van der Waals surface area contributed by atoms with Gasteiger partial charge in [-0.1, -0.05) is 9.03 Å². The van der Waals surface area contributed by atoms with E-state index in [9.17, 15) is 0 Å². The molecule has 0 saturated carbocycles. The minimum atomic E-state index is -1.32. The number of nitrogens with zero attached hydrogens (tertiary/aromatic N) is 4. The average Bonchev–Trinajstić information content (AvgIpc) is 1.81. The molecule has 0 aromatic heterocycles. The molecule has 0 radical (unpaired) electrons. The highest BCUT2D eigenvalue weighted by atomic mass is 31.2. The van der Waals surface area contributed by atoms with E-state index in [1.165, 1.54) is 0 Å². The van der Waals surface area contributed by atoms with Crippen LogP contribution in [-0.4, -0.2) is 13.3 Å². The molecule has 0 bridgehead atoms. The van der Waals surface area contributed by atoms with Gasteiger partial charge in [-0.3, -0.25) is 0 Å². The van der Waals surface area contributed by atoms with Gasteiger partial charge in [-0.25, -0.2) is 9.03 Å². The van der Waals surface area contributed by atoms with Crippen molar-refractivity contribution in [2.75, 3.05) is 13.3 Å². The van der Waals surface area contributed by atoms with Crippen LogP contribution in [0.15, 0.2) is 18.1 Å². The maximum absolute atomic E-state index is 4.38. The van der Waals surface area contributed by atoms with Gasteiger partial charge in [0.25, 0.3) is 7.56 Å². The zero-order valence-corrected chi connectivity index (χ0v) is 9.63. The summed E-state index contributed by atoms with van der Waals surface area (Å²) in [5.74, 6) is 0. The van der Waals surface area contributed by atoms with Gasteiger partial charge in [-0.15, -0.1) is 0 Å². The third-order valence-corrected chi connectivity index (χ3v) is 7.01. The van der Waals surface area contributed by atoms with Crippen molar-refractivity contribution in [3.05, 3.63) is 0 Å². The van der Waals surface area contributed by atoms with Crippen molar-refractivity contribution < 1.29 is 0 Å². The molecule has 4 nitrogen and oxygen atoms in total. The van der Waals surface area contributed by atoms with Gasteiger partial charge >= 0.3 is 0 Å². The van der Waals surface area contributed by atoms with E-state index in [2.05, 4.69) is 31.4 Å². The van der Waals surface area contributed by atoms with Gasteiger partial charge in [-0.2, -0.15) is 0 Å². The predicted molar refractivity (Wildman–Crippen MR) is 53.4 cm³/mol. The molecule has 0 saturated heterocycles. The van der Waals surface area contributed by atoms with Gasteiger partial charge in [0.15, 0.2) is 0 Å². The second kappa shape index (κ2) is 3.88. The molecule has 0 aromatic carbocycles. The highest BCUT2D eigenvalue weighted by molar-refractivity contribution is 7.76. The minimum absolute atomic E-state index is 0.370. The monoisotopic (exact) mass is 213 g/mol. The molecule has 8 heteroatoms. The summed E-state index contributed by atoms with van der Waals surface area (Å²) in [5, 5.41) is 0. The molecular formula is C2H9N4P4+. The number of hydrogen-bond donors (Lipinski definition) is 0. The smallest absolute Gasteiger partial charge is 0.210 e. The molecule has 0 amide bonds. The van der Waals surface area contributed by atoms with Crippen molar-refractivity contribution in [3.63, 3.8) is 0 Å². The van der Waals surface area contributed by atoms with Gasteiger partial charge < -0.3 is 0 Å². The van der Waals surface area contributed by atoms with Crippen molar-refractivity contribution in [3.8, 4) is 0 Å². The predicted octanol–water partition coefficient (Wildman–Crippen LogP) is 3.71. The maximum Gasteiger partial charge on any atom is 0.254 e. The van der Waals surface area contributed by atoms with Crippen LogP contribution in [0.25, 0.3) is 0 Å². The molecule has 1 aliphatic rings. The lowest BCUT2D eigenvalue weighted by atomic mass is 11.9. The summed E-state index contributed by atoms with van der Waals surface area (Å²) in [6.45, 7) is 4.18. The molecule has 0 aromatic rings. The van der Waals surface area contributed by atoms with E-state index < -0.39 is 7.56 Å². The molecule has 0 spiro atoms. The lowest BCUT2D eigenvalue weighted by Gasteiger charge is -1.98. The van der Waals surface area contributed by atoms with Crippen molar-refractivity contribution >= 4 is 32.8 Å². The summed E-state index contributed by atoms with van der Waals surface area (Å²) in [6, 6.07) is 0. The fraction of sp³-hybridized carbons (Fsp3) is 1.00. The summed E-state index contributed by atoms with van der Waals surface area (Å²) in [7, 11) is -0.204. The normalized spacial score (nSPS) is 27.8. The molecule has 1 rings (SSSR count). The summed E-state index contributed by atoms with van der Waals surface area (Å²) in [4.78, 5) is 0. The number of rotatable bonds is 0. The first-order valence-electron chi connectivity index (χ1n) is 2.64. The molecule has 10 heavy (non-hydrogen) atoms. The topological polar surface area (TPSA) is 49.4 Å². The summed E-state index contributed by atoms with van der Waals surface area (Å²) in [6.07, 6.45) is 0. The number of hydrogen-bond acceptors (Lipinski definition) is 4. The fourth-order valence-electron chi connectivity index (χ4n) is 0.356. The van der Waals surface area contributed by atoms with E-state index in [0.717, 1.165) is 0 Å². The Balaban J connectivity index is 2.94. The Kier molecular flexibility index (Phi) is 3.40. The lowest BCUT2D eigenvalue weighted by Crippen LogP contribution is -1.69. The Morgan fingerprint density at radius 1 is 1.00 bits per heavy atom. The molecule has 0 fully saturated rings. The molecule has 56 valence electrons. The Labute approximate surface area is 64.8 Å². The van der Waals surface area contributed by atoms with E-state index in [-0.39, 0.29) is 0 Å². The Bertz CT molecular complexity index is 220. The van der Waals surface area contributed by atoms with Crippen LogP contribution in [0.1, 0.15) is 0 Å². The molecule has 0 aliphatic carbocycles. The highest BCUT2D eigenvalue weighted by Gasteiger charge is 2.21. The lowest BCUT2D eigenvalue weighted by molar-refractivity contribution is 1.70. The first kappa shape index (κ1) is 8.75. The van der Waals surface area contributed by atoms with Gasteiger partial charge in [-0.05, 0) is 0 Å². The second-order valence-electron chi connectivity index (χ2n) is 2.06. The van der Waals surface area contributed by atoms with E-state index in [1.807, 2.05) is 0 Å². The van der Waals surface area contributed by atoms with Crippen molar-refractivity contribution in [2.24, 2.45) is 18.1 Å². The van der Waals surface area contributed by atoms with Crippen LogP contribution in [0.5, 0.6) is 0 Å². The fourth-order valence-corrected chi connectivity index (χ4v) is 4.86. The van der Waals surface area contributed by atoms with Gasteiger partial charge in [0.2, 0.25) is 0 Å². The third kappa shape index (κ3) is 3.17. The van der Waals surface area contributed by atoms with Crippen LogP contribution in [0.2, 0.25) is 0 Å². The maximum atomic E-state index is 4.38.